The van der Waals surface area contributed by atoms with Gasteiger partial charge >= 0.3 is 0 Å². The first-order valence-electron chi connectivity index (χ1n) is 15.0. The van der Waals surface area contributed by atoms with Crippen molar-refractivity contribution in [2.75, 3.05) is 0 Å². The van der Waals surface area contributed by atoms with E-state index in [-0.39, 0.29) is 17.5 Å². The Morgan fingerprint density at radius 3 is 1.85 bits per heavy atom. The van der Waals surface area contributed by atoms with E-state index < -0.39 is 0 Å². The van der Waals surface area contributed by atoms with Gasteiger partial charge in [0.05, 0.1) is 24.6 Å². The third-order valence-electron chi connectivity index (χ3n) is 8.12. The minimum absolute atomic E-state index is 0.00797. The summed E-state index contributed by atoms with van der Waals surface area (Å²) in [5, 5.41) is 0.673. The zero-order valence-corrected chi connectivity index (χ0v) is 25.3. The molecule has 0 radical (unpaired) electrons. The minimum Gasteiger partial charge on any atom is -0.370 e. The van der Waals surface area contributed by atoms with Crippen molar-refractivity contribution in [2.24, 2.45) is 5.92 Å². The summed E-state index contributed by atoms with van der Waals surface area (Å²) >= 11 is 2.06. The minimum atomic E-state index is -0.0671. The highest BCUT2D eigenvalue weighted by Crippen LogP contribution is 2.49. The fourth-order valence-corrected chi connectivity index (χ4v) is 7.33. The Labute approximate surface area is 250 Å². The van der Waals surface area contributed by atoms with Gasteiger partial charge < -0.3 is 9.47 Å². The highest BCUT2D eigenvalue weighted by molar-refractivity contribution is 8.00. The molecule has 1 heterocycles. The monoisotopic (exact) mass is 562 g/mol. The Morgan fingerprint density at radius 2 is 1.24 bits per heavy atom. The molecule has 0 N–H and O–H groups in total. The van der Waals surface area contributed by atoms with Gasteiger partial charge in [-0.15, -0.1) is 11.8 Å². The summed E-state index contributed by atoms with van der Waals surface area (Å²) < 4.78 is 13.6. The van der Waals surface area contributed by atoms with Crippen LogP contribution in [0, 0.1) is 5.92 Å². The summed E-state index contributed by atoms with van der Waals surface area (Å²) in [6.07, 6.45) is 6.52. The molecule has 2 nitrogen and oxygen atoms in total. The van der Waals surface area contributed by atoms with E-state index in [0.717, 1.165) is 12.8 Å². The molecule has 5 rings (SSSR count). The maximum atomic E-state index is 6.83. The highest BCUT2D eigenvalue weighted by atomic mass is 32.2. The third kappa shape index (κ3) is 7.80. The molecule has 0 amide bonds. The first-order chi connectivity index (χ1) is 20.1. The molecule has 1 aliphatic rings. The Morgan fingerprint density at radius 1 is 0.634 bits per heavy atom. The molecule has 41 heavy (non-hydrogen) atoms. The van der Waals surface area contributed by atoms with Crippen molar-refractivity contribution in [1.82, 2.24) is 0 Å². The van der Waals surface area contributed by atoms with Crippen LogP contribution in [0.3, 0.4) is 0 Å². The van der Waals surface area contributed by atoms with Gasteiger partial charge in [-0.05, 0) is 52.1 Å². The fourth-order valence-electron chi connectivity index (χ4n) is 5.67. The van der Waals surface area contributed by atoms with Gasteiger partial charge in [0, 0.05) is 5.25 Å². The fraction of sp³-hybridized carbons (Fsp3) is 0.316. The largest absolute Gasteiger partial charge is 0.370 e. The average Bonchev–Trinajstić information content (AvgIpc) is 3.03. The number of ether oxygens (including phenoxy) is 2. The molecule has 1 fully saturated rings. The summed E-state index contributed by atoms with van der Waals surface area (Å²) in [4.78, 5) is 0. The molecule has 0 aromatic heterocycles. The number of aryl methyl sites for hydroxylation is 1. The van der Waals surface area contributed by atoms with Gasteiger partial charge in [-0.2, -0.15) is 0 Å². The van der Waals surface area contributed by atoms with Gasteiger partial charge in [-0.1, -0.05) is 142 Å². The third-order valence-corrected chi connectivity index (χ3v) is 10.1. The van der Waals surface area contributed by atoms with E-state index in [9.17, 15) is 0 Å². The molecule has 1 saturated heterocycles. The molecule has 0 saturated carbocycles. The normalized spacial score (nSPS) is 22.7. The number of thioether (sulfide) groups is 1. The molecule has 0 aliphatic carbocycles. The molecule has 5 atom stereocenters. The van der Waals surface area contributed by atoms with Gasteiger partial charge in [-0.3, -0.25) is 0 Å². The van der Waals surface area contributed by atoms with Crippen molar-refractivity contribution in [3.63, 3.8) is 0 Å². The summed E-state index contributed by atoms with van der Waals surface area (Å²) in [6.45, 7) is 8.00. The predicted molar refractivity (Wildman–Crippen MR) is 175 cm³/mol. The average molecular weight is 563 g/mol. The standard InChI is InChI=1S/C38H42O2S/c1-4-29-19-21-30(22-20-29)23-24-31-17-12-18-34(25-31)38-37(40-27-33-15-10-7-11-16-33)36(28(3)35(5-2)41-38)39-26-32-13-8-6-9-14-32/h6-25,28,35-38H,4-5,26-27H2,1-3H3/t28-,35-,36+,37-,38+/m1/s1. The van der Waals surface area contributed by atoms with E-state index in [1.165, 1.54) is 33.4 Å². The Hall–Kier alpha value is -3.11. The van der Waals surface area contributed by atoms with Crippen LogP contribution in [0.2, 0.25) is 0 Å². The van der Waals surface area contributed by atoms with Gasteiger partial charge in [0.15, 0.2) is 0 Å². The number of hydrogen-bond donors (Lipinski definition) is 0. The van der Waals surface area contributed by atoms with Gasteiger partial charge in [0.1, 0.15) is 6.10 Å². The van der Waals surface area contributed by atoms with Crippen molar-refractivity contribution < 1.29 is 9.47 Å². The molecular formula is C38H42O2S. The maximum absolute atomic E-state index is 6.83. The summed E-state index contributed by atoms with van der Waals surface area (Å²) in [5.41, 5.74) is 7.48. The Bertz CT molecular complexity index is 1370. The van der Waals surface area contributed by atoms with Crippen LogP contribution < -0.4 is 0 Å². The van der Waals surface area contributed by atoms with Crippen molar-refractivity contribution in [2.45, 2.75) is 69.5 Å². The van der Waals surface area contributed by atoms with E-state index in [1.54, 1.807) is 0 Å². The van der Waals surface area contributed by atoms with Crippen molar-refractivity contribution >= 4 is 23.9 Å². The quantitative estimate of drug-likeness (QED) is 0.170. The number of rotatable bonds is 11. The van der Waals surface area contributed by atoms with Crippen LogP contribution in [-0.4, -0.2) is 17.5 Å². The van der Waals surface area contributed by atoms with Crippen LogP contribution in [0.25, 0.3) is 12.2 Å². The zero-order chi connectivity index (χ0) is 28.4. The maximum Gasteiger partial charge on any atom is 0.100 e. The predicted octanol–water partition coefficient (Wildman–Crippen LogP) is 9.79. The van der Waals surface area contributed by atoms with E-state index in [2.05, 4.69) is 154 Å². The van der Waals surface area contributed by atoms with Gasteiger partial charge in [-0.25, -0.2) is 0 Å². The zero-order valence-electron chi connectivity index (χ0n) is 24.5. The molecule has 0 unspecified atom stereocenters. The Kier molecular flexibility index (Phi) is 10.5. The molecule has 212 valence electrons. The van der Waals surface area contributed by atoms with Crippen LogP contribution in [0.5, 0.6) is 0 Å². The smallest absolute Gasteiger partial charge is 0.100 e. The lowest BCUT2D eigenvalue weighted by Gasteiger charge is -2.45. The lowest BCUT2D eigenvalue weighted by atomic mass is 9.89. The molecule has 4 aromatic rings. The van der Waals surface area contributed by atoms with Crippen LogP contribution in [0.1, 0.15) is 65.8 Å². The highest BCUT2D eigenvalue weighted by Gasteiger charge is 2.45. The lowest BCUT2D eigenvalue weighted by molar-refractivity contribution is -0.112. The van der Waals surface area contributed by atoms with Crippen molar-refractivity contribution in [3.8, 4) is 0 Å². The first-order valence-corrected chi connectivity index (χ1v) is 15.9. The Balaban J connectivity index is 1.42. The van der Waals surface area contributed by atoms with E-state index >= 15 is 0 Å². The van der Waals surface area contributed by atoms with Gasteiger partial charge in [0.25, 0.3) is 0 Å². The second-order valence-corrected chi connectivity index (χ2v) is 12.4. The summed E-state index contributed by atoms with van der Waals surface area (Å²) in [5.74, 6) is 0.375. The SMILES string of the molecule is CCc1ccc(C=Cc2cccc([C@@H]3S[C@H](CC)[C@@H](C)[C@H](OCc4ccccc4)[C@H]3OCc3ccccc3)c2)cc1. The number of benzene rings is 4. The lowest BCUT2D eigenvalue weighted by Crippen LogP contribution is -2.48. The van der Waals surface area contributed by atoms with Gasteiger partial charge in [0.2, 0.25) is 0 Å². The molecular weight excluding hydrogens is 520 g/mol. The second kappa shape index (κ2) is 14.7. The van der Waals surface area contributed by atoms with Crippen LogP contribution >= 0.6 is 11.8 Å². The first kappa shape index (κ1) is 29.4. The van der Waals surface area contributed by atoms with Crippen LogP contribution in [0.15, 0.2) is 109 Å². The van der Waals surface area contributed by atoms with E-state index in [4.69, 9.17) is 9.47 Å². The molecule has 0 spiro atoms. The van der Waals surface area contributed by atoms with Crippen LogP contribution in [0.4, 0.5) is 0 Å². The molecule has 1 aliphatic heterocycles. The van der Waals surface area contributed by atoms with Crippen molar-refractivity contribution in [3.05, 3.63) is 143 Å². The molecule has 0 bridgehead atoms. The second-order valence-electron chi connectivity index (χ2n) is 11.0. The summed E-state index contributed by atoms with van der Waals surface area (Å²) in [6, 6.07) is 38.8. The summed E-state index contributed by atoms with van der Waals surface area (Å²) in [7, 11) is 0. The van der Waals surface area contributed by atoms with Crippen LogP contribution in [-0.2, 0) is 29.1 Å². The molecule has 4 aromatic carbocycles. The van der Waals surface area contributed by atoms with E-state index in [1.807, 2.05) is 0 Å². The van der Waals surface area contributed by atoms with E-state index in [0.29, 0.717) is 24.4 Å². The number of hydrogen-bond acceptors (Lipinski definition) is 3. The topological polar surface area (TPSA) is 18.5 Å². The molecule has 3 heteroatoms. The van der Waals surface area contributed by atoms with Crippen molar-refractivity contribution in [1.29, 1.82) is 0 Å².